The van der Waals surface area contributed by atoms with E-state index in [0.717, 1.165) is 12.8 Å². The summed E-state index contributed by atoms with van der Waals surface area (Å²) in [7, 11) is 2.73. The van der Waals surface area contributed by atoms with Gasteiger partial charge in [0.15, 0.2) is 0 Å². The van der Waals surface area contributed by atoms with E-state index in [1.165, 1.54) is 33.1 Å². The van der Waals surface area contributed by atoms with Crippen molar-refractivity contribution in [3.8, 4) is 0 Å². The lowest BCUT2D eigenvalue weighted by Gasteiger charge is -2.06. The number of benzene rings is 3. The zero-order chi connectivity index (χ0) is 15.4. The van der Waals surface area contributed by atoms with Crippen LogP contribution >= 0.6 is 9.24 Å². The molecule has 0 radical (unpaired) electrons. The third-order valence-electron chi connectivity index (χ3n) is 3.94. The highest BCUT2D eigenvalue weighted by Crippen LogP contribution is 2.14. The van der Waals surface area contributed by atoms with Gasteiger partial charge in [-0.2, -0.15) is 0 Å². The van der Waals surface area contributed by atoms with Crippen molar-refractivity contribution in [1.29, 1.82) is 0 Å². The van der Waals surface area contributed by atoms with Gasteiger partial charge in [0.25, 0.3) is 0 Å². The molecule has 0 aliphatic rings. The summed E-state index contributed by atoms with van der Waals surface area (Å²) in [5.41, 5.74) is 6.78. The molecule has 0 amide bonds. The molecule has 0 spiro atoms. The Hall–Kier alpha value is -1.91. The molecule has 0 fully saturated rings. The van der Waals surface area contributed by atoms with Crippen LogP contribution in [0.4, 0.5) is 0 Å². The Kier molecular flexibility index (Phi) is 4.71. The highest BCUT2D eigenvalue weighted by Gasteiger charge is 1.99. The van der Waals surface area contributed by atoms with Crippen molar-refractivity contribution >= 4 is 14.5 Å². The molecular weight excluding hydrogens is 283 g/mol. The van der Waals surface area contributed by atoms with Crippen LogP contribution in [0.25, 0.3) is 0 Å². The molecule has 110 valence electrons. The predicted octanol–water partition coefficient (Wildman–Crippen LogP) is 4.68. The maximum Gasteiger partial charge on any atom is -0.00258 e. The van der Waals surface area contributed by atoms with Crippen LogP contribution in [0.5, 0.6) is 0 Å². The second-order valence-electron chi connectivity index (χ2n) is 5.90. The molecule has 0 bridgehead atoms. The molecule has 0 heterocycles. The average molecular weight is 304 g/mol. The van der Waals surface area contributed by atoms with E-state index in [0.29, 0.717) is 0 Å². The van der Waals surface area contributed by atoms with Crippen LogP contribution in [0, 0.1) is 6.92 Å². The third kappa shape index (κ3) is 4.06. The van der Waals surface area contributed by atoms with Gasteiger partial charge in [0, 0.05) is 0 Å². The fourth-order valence-corrected chi connectivity index (χ4v) is 2.78. The number of hydrogen-bond donors (Lipinski definition) is 0. The van der Waals surface area contributed by atoms with Gasteiger partial charge in [-0.15, -0.1) is 9.24 Å². The maximum atomic E-state index is 2.73. The first-order valence-corrected chi connectivity index (χ1v) is 8.24. The summed E-state index contributed by atoms with van der Waals surface area (Å²) >= 11 is 0. The normalized spacial score (nSPS) is 10.6. The number of hydrogen-bond acceptors (Lipinski definition) is 0. The fourth-order valence-electron chi connectivity index (χ4n) is 2.59. The van der Waals surface area contributed by atoms with Gasteiger partial charge in [-0.25, -0.2) is 0 Å². The minimum absolute atomic E-state index is 0.996. The van der Waals surface area contributed by atoms with Crippen molar-refractivity contribution in [3.05, 3.63) is 101 Å². The van der Waals surface area contributed by atoms with Crippen molar-refractivity contribution in [2.75, 3.05) is 0 Å². The summed E-state index contributed by atoms with van der Waals surface area (Å²) in [5.74, 6) is 0. The van der Waals surface area contributed by atoms with Crippen molar-refractivity contribution in [2.45, 2.75) is 19.8 Å². The third-order valence-corrected chi connectivity index (χ3v) is 4.32. The molecule has 3 aromatic carbocycles. The molecule has 0 saturated heterocycles. The van der Waals surface area contributed by atoms with Gasteiger partial charge in [-0.3, -0.25) is 0 Å². The summed E-state index contributed by atoms with van der Waals surface area (Å²) in [4.78, 5) is 0. The van der Waals surface area contributed by atoms with E-state index >= 15 is 0 Å². The molecule has 1 atom stereocenters. The van der Waals surface area contributed by atoms with Crippen LogP contribution in [0.2, 0.25) is 0 Å². The largest absolute Gasteiger partial charge is 0.106 e. The molecule has 0 aliphatic carbocycles. The average Bonchev–Trinajstić information content (AvgIpc) is 2.54. The number of aryl methyl sites for hydroxylation is 1. The van der Waals surface area contributed by atoms with Gasteiger partial charge in [0.2, 0.25) is 0 Å². The van der Waals surface area contributed by atoms with Crippen molar-refractivity contribution in [3.63, 3.8) is 0 Å². The minimum atomic E-state index is 0.996. The first-order chi connectivity index (χ1) is 10.7. The van der Waals surface area contributed by atoms with Crippen LogP contribution in [0.15, 0.2) is 72.8 Å². The van der Waals surface area contributed by atoms with Gasteiger partial charge in [-0.1, -0.05) is 78.4 Å². The summed E-state index contributed by atoms with van der Waals surface area (Å²) in [6.07, 6.45) is 2.00. The standard InChI is InChI=1S/C21H21P/c1-16-2-4-17(5-3-16)14-18-6-8-19(9-7-18)15-20-10-12-21(22)13-11-20/h2-13H,14-15,22H2,1H3. The van der Waals surface area contributed by atoms with E-state index in [1.54, 1.807) is 0 Å². The second kappa shape index (κ2) is 6.90. The molecule has 0 aromatic heterocycles. The van der Waals surface area contributed by atoms with E-state index < -0.39 is 0 Å². The Balaban J connectivity index is 1.67. The van der Waals surface area contributed by atoms with Crippen LogP contribution in [0.3, 0.4) is 0 Å². The lowest BCUT2D eigenvalue weighted by molar-refractivity contribution is 1.15. The lowest BCUT2D eigenvalue weighted by Crippen LogP contribution is -1.94. The Bertz CT molecular complexity index is 656. The van der Waals surface area contributed by atoms with Crippen molar-refractivity contribution in [2.24, 2.45) is 0 Å². The highest BCUT2D eigenvalue weighted by atomic mass is 31.0. The van der Waals surface area contributed by atoms with Crippen LogP contribution in [-0.4, -0.2) is 0 Å². The quantitative estimate of drug-likeness (QED) is 0.614. The van der Waals surface area contributed by atoms with Crippen molar-refractivity contribution in [1.82, 2.24) is 0 Å². The SMILES string of the molecule is Cc1ccc(Cc2ccc(Cc3ccc(P)cc3)cc2)cc1. The monoisotopic (exact) mass is 304 g/mol. The molecule has 0 aliphatic heterocycles. The Morgan fingerprint density at radius 3 is 1.27 bits per heavy atom. The van der Waals surface area contributed by atoms with Gasteiger partial charge in [-0.05, 0) is 47.3 Å². The van der Waals surface area contributed by atoms with Gasteiger partial charge >= 0.3 is 0 Å². The molecule has 3 rings (SSSR count). The zero-order valence-corrected chi connectivity index (χ0v) is 14.1. The van der Waals surface area contributed by atoms with E-state index in [1.807, 2.05) is 0 Å². The first kappa shape index (κ1) is 15.0. The summed E-state index contributed by atoms with van der Waals surface area (Å²) in [6.45, 7) is 2.13. The van der Waals surface area contributed by atoms with Crippen LogP contribution < -0.4 is 5.30 Å². The van der Waals surface area contributed by atoms with Gasteiger partial charge in [0.05, 0.1) is 0 Å². The van der Waals surface area contributed by atoms with Crippen LogP contribution in [0.1, 0.15) is 27.8 Å². The smallest absolute Gasteiger partial charge is 0.00258 e. The maximum absolute atomic E-state index is 2.73. The summed E-state index contributed by atoms with van der Waals surface area (Å²) < 4.78 is 0. The summed E-state index contributed by atoms with van der Waals surface area (Å²) in [6, 6.07) is 26.5. The van der Waals surface area contributed by atoms with E-state index in [2.05, 4.69) is 89.0 Å². The molecule has 0 nitrogen and oxygen atoms in total. The molecule has 0 N–H and O–H groups in total. The van der Waals surface area contributed by atoms with E-state index in [9.17, 15) is 0 Å². The molecule has 1 unspecified atom stereocenters. The highest BCUT2D eigenvalue weighted by molar-refractivity contribution is 7.27. The Morgan fingerprint density at radius 1 is 0.545 bits per heavy atom. The summed E-state index contributed by atoms with van der Waals surface area (Å²) in [5, 5.41) is 1.23. The Morgan fingerprint density at radius 2 is 0.864 bits per heavy atom. The molecule has 1 heteroatoms. The molecular formula is C21H21P. The fraction of sp³-hybridized carbons (Fsp3) is 0.143. The minimum Gasteiger partial charge on any atom is -0.106 e. The van der Waals surface area contributed by atoms with Crippen molar-refractivity contribution < 1.29 is 0 Å². The second-order valence-corrected chi connectivity index (χ2v) is 6.56. The molecule has 0 saturated carbocycles. The lowest BCUT2D eigenvalue weighted by atomic mass is 10.00. The predicted molar refractivity (Wildman–Crippen MR) is 99.0 cm³/mol. The first-order valence-electron chi connectivity index (χ1n) is 7.67. The zero-order valence-electron chi connectivity index (χ0n) is 12.9. The van der Waals surface area contributed by atoms with E-state index in [4.69, 9.17) is 0 Å². The van der Waals surface area contributed by atoms with Gasteiger partial charge in [0.1, 0.15) is 0 Å². The molecule has 22 heavy (non-hydrogen) atoms. The Labute approximate surface area is 135 Å². The van der Waals surface area contributed by atoms with E-state index in [-0.39, 0.29) is 0 Å². The van der Waals surface area contributed by atoms with Crippen LogP contribution in [-0.2, 0) is 12.8 Å². The molecule has 3 aromatic rings. The topological polar surface area (TPSA) is 0 Å². The van der Waals surface area contributed by atoms with Gasteiger partial charge < -0.3 is 0 Å². The number of rotatable bonds is 4.